The van der Waals surface area contributed by atoms with Crippen molar-refractivity contribution in [1.82, 2.24) is 15.0 Å². The van der Waals surface area contributed by atoms with Gasteiger partial charge in [-0.1, -0.05) is 6.92 Å². The number of rotatable bonds is 7. The lowest BCUT2D eigenvalue weighted by atomic mass is 10.5. The van der Waals surface area contributed by atoms with Gasteiger partial charge in [-0.05, 0) is 6.42 Å². The third-order valence-electron chi connectivity index (χ3n) is 2.65. The van der Waals surface area contributed by atoms with E-state index in [-0.39, 0.29) is 0 Å². The first-order valence-electron chi connectivity index (χ1n) is 6.81. The first-order valence-corrected chi connectivity index (χ1v) is 9.02. The van der Waals surface area contributed by atoms with Gasteiger partial charge in [-0.2, -0.15) is 38.5 Å². The zero-order valence-corrected chi connectivity index (χ0v) is 13.5. The van der Waals surface area contributed by atoms with Gasteiger partial charge in [-0.25, -0.2) is 0 Å². The summed E-state index contributed by atoms with van der Waals surface area (Å²) >= 11 is 4.02. The number of hydrogen-bond donors (Lipinski definition) is 2. The smallest absolute Gasteiger partial charge is 0.323 e. The monoisotopic (exact) mass is 315 g/mol. The van der Waals surface area contributed by atoms with Crippen LogP contribution in [0, 0.1) is 0 Å². The van der Waals surface area contributed by atoms with E-state index in [2.05, 4.69) is 32.5 Å². The van der Waals surface area contributed by atoms with Crippen molar-refractivity contribution in [1.29, 1.82) is 0 Å². The number of anilines is 2. The van der Waals surface area contributed by atoms with Crippen molar-refractivity contribution in [2.24, 2.45) is 0 Å². The Bertz CT molecular complexity index is 415. The molecule has 20 heavy (non-hydrogen) atoms. The van der Waals surface area contributed by atoms with Crippen molar-refractivity contribution in [3.8, 4) is 6.01 Å². The fraction of sp³-hybridized carbons (Fsp3) is 0.750. The third-order valence-corrected chi connectivity index (χ3v) is 5.49. The lowest BCUT2D eigenvalue weighted by Gasteiger charge is -2.21. The molecule has 0 bridgehead atoms. The van der Waals surface area contributed by atoms with E-state index in [1.54, 1.807) is 7.05 Å². The molecule has 1 aromatic rings. The van der Waals surface area contributed by atoms with Crippen LogP contribution in [-0.4, -0.2) is 57.7 Å². The van der Waals surface area contributed by atoms with Gasteiger partial charge in [0.05, 0.1) is 6.61 Å². The van der Waals surface area contributed by atoms with Crippen LogP contribution in [0.5, 0.6) is 6.01 Å². The van der Waals surface area contributed by atoms with Gasteiger partial charge < -0.3 is 15.4 Å². The fourth-order valence-corrected chi connectivity index (χ4v) is 4.28. The Labute approximate surface area is 128 Å². The Morgan fingerprint density at radius 3 is 2.80 bits per heavy atom. The molecule has 1 atom stereocenters. The molecule has 0 spiro atoms. The van der Waals surface area contributed by atoms with Gasteiger partial charge in [0.2, 0.25) is 11.9 Å². The molecule has 2 heterocycles. The molecular formula is C12H21N5OS2. The molecule has 8 heteroatoms. The third kappa shape index (κ3) is 4.90. The van der Waals surface area contributed by atoms with E-state index < -0.39 is 0 Å². The van der Waals surface area contributed by atoms with Gasteiger partial charge in [0, 0.05) is 36.1 Å². The number of nitrogens with one attached hydrogen (secondary N) is 2. The molecular weight excluding hydrogens is 294 g/mol. The van der Waals surface area contributed by atoms with Crippen molar-refractivity contribution in [3.05, 3.63) is 0 Å². The second-order valence-electron chi connectivity index (χ2n) is 4.31. The van der Waals surface area contributed by atoms with Crippen LogP contribution < -0.4 is 15.4 Å². The van der Waals surface area contributed by atoms with Crippen molar-refractivity contribution >= 4 is 35.4 Å². The lowest BCUT2D eigenvalue weighted by molar-refractivity contribution is 0.292. The largest absolute Gasteiger partial charge is 0.463 e. The average molecular weight is 315 g/mol. The summed E-state index contributed by atoms with van der Waals surface area (Å²) < 4.78 is 5.48. The number of hydrogen-bond acceptors (Lipinski definition) is 8. The van der Waals surface area contributed by atoms with Gasteiger partial charge in [-0.3, -0.25) is 0 Å². The van der Waals surface area contributed by atoms with Crippen LogP contribution in [0.2, 0.25) is 0 Å². The van der Waals surface area contributed by atoms with E-state index in [1.165, 1.54) is 17.3 Å². The van der Waals surface area contributed by atoms with Crippen LogP contribution in [0.1, 0.15) is 13.3 Å². The van der Waals surface area contributed by atoms with Gasteiger partial charge in [0.25, 0.3) is 0 Å². The van der Waals surface area contributed by atoms with E-state index in [1.807, 2.05) is 23.5 Å². The summed E-state index contributed by atoms with van der Waals surface area (Å²) in [4.78, 5) is 12.8. The molecule has 1 unspecified atom stereocenters. The predicted molar refractivity (Wildman–Crippen MR) is 87.2 cm³/mol. The number of thioether (sulfide) groups is 2. The van der Waals surface area contributed by atoms with Crippen molar-refractivity contribution in [2.45, 2.75) is 18.6 Å². The number of ether oxygens (including phenoxy) is 1. The number of aromatic nitrogens is 3. The minimum atomic E-state index is 0.374. The van der Waals surface area contributed by atoms with E-state index in [4.69, 9.17) is 4.74 Å². The fourth-order valence-electron chi connectivity index (χ4n) is 1.66. The Morgan fingerprint density at radius 1 is 1.25 bits per heavy atom. The second kappa shape index (κ2) is 8.41. The normalized spacial score (nSPS) is 18.6. The maximum absolute atomic E-state index is 5.48. The summed E-state index contributed by atoms with van der Waals surface area (Å²) in [6, 6.07) is 0.374. The van der Waals surface area contributed by atoms with Crippen LogP contribution in [0.3, 0.4) is 0 Å². The topological polar surface area (TPSA) is 72.0 Å². The highest BCUT2D eigenvalue weighted by Gasteiger charge is 2.15. The summed E-state index contributed by atoms with van der Waals surface area (Å²) in [5.74, 6) is 4.76. The molecule has 1 fully saturated rings. The Kier molecular flexibility index (Phi) is 6.52. The Morgan fingerprint density at radius 2 is 2.10 bits per heavy atom. The molecule has 1 saturated heterocycles. The zero-order valence-electron chi connectivity index (χ0n) is 11.9. The predicted octanol–water partition coefficient (Wildman–Crippen LogP) is 1.96. The zero-order chi connectivity index (χ0) is 14.2. The molecule has 2 N–H and O–H groups in total. The summed E-state index contributed by atoms with van der Waals surface area (Å²) in [7, 11) is 1.79. The molecule has 0 radical (unpaired) electrons. The molecule has 1 aromatic heterocycles. The van der Waals surface area contributed by atoms with Crippen LogP contribution >= 0.6 is 23.5 Å². The number of nitrogens with zero attached hydrogens (tertiary/aromatic N) is 3. The van der Waals surface area contributed by atoms with E-state index >= 15 is 0 Å². The van der Waals surface area contributed by atoms with Crippen LogP contribution in [0.15, 0.2) is 0 Å². The van der Waals surface area contributed by atoms with Crippen molar-refractivity contribution in [2.75, 3.05) is 48.1 Å². The molecule has 6 nitrogen and oxygen atoms in total. The van der Waals surface area contributed by atoms with Crippen LogP contribution in [0.4, 0.5) is 11.9 Å². The lowest BCUT2D eigenvalue weighted by Crippen LogP contribution is -2.24. The summed E-state index contributed by atoms with van der Waals surface area (Å²) in [5.41, 5.74) is 0. The molecule has 2 rings (SSSR count). The standard InChI is InChI=1S/C12H21N5OS2/c1-3-4-18-12-16-10(13-2)15-11(17-12)14-7-9-8-19-5-6-20-9/h9H,3-8H2,1-2H3,(H2,13,14,15,16,17). The summed E-state index contributed by atoms with van der Waals surface area (Å²) in [6.07, 6.45) is 0.930. The van der Waals surface area contributed by atoms with E-state index in [0.717, 1.165) is 13.0 Å². The van der Waals surface area contributed by atoms with E-state index in [0.29, 0.717) is 29.8 Å². The summed E-state index contributed by atoms with van der Waals surface area (Å²) in [6.45, 7) is 3.54. The van der Waals surface area contributed by atoms with Crippen molar-refractivity contribution < 1.29 is 4.74 Å². The van der Waals surface area contributed by atoms with Crippen molar-refractivity contribution in [3.63, 3.8) is 0 Å². The average Bonchev–Trinajstić information content (AvgIpc) is 2.51. The molecule has 1 aliphatic heterocycles. The van der Waals surface area contributed by atoms with Crippen LogP contribution in [0.25, 0.3) is 0 Å². The highest BCUT2D eigenvalue weighted by molar-refractivity contribution is 8.06. The summed E-state index contributed by atoms with van der Waals surface area (Å²) in [5, 5.41) is 6.83. The first-order chi connectivity index (χ1) is 9.81. The molecule has 0 amide bonds. The molecule has 0 aliphatic carbocycles. The minimum absolute atomic E-state index is 0.374. The molecule has 0 saturated carbocycles. The van der Waals surface area contributed by atoms with Gasteiger partial charge in [-0.15, -0.1) is 0 Å². The van der Waals surface area contributed by atoms with Gasteiger partial charge in [0.15, 0.2) is 0 Å². The Balaban J connectivity index is 1.94. The van der Waals surface area contributed by atoms with E-state index in [9.17, 15) is 0 Å². The Hall–Kier alpha value is -0.890. The highest BCUT2D eigenvalue weighted by Crippen LogP contribution is 2.24. The first kappa shape index (κ1) is 15.5. The van der Waals surface area contributed by atoms with Gasteiger partial charge in [0.1, 0.15) is 0 Å². The SMILES string of the molecule is CCCOc1nc(NC)nc(NCC2CSCCS2)n1. The maximum atomic E-state index is 5.48. The van der Waals surface area contributed by atoms with Crippen LogP contribution in [-0.2, 0) is 0 Å². The molecule has 0 aromatic carbocycles. The quantitative estimate of drug-likeness (QED) is 0.791. The second-order valence-corrected chi connectivity index (χ2v) is 6.87. The molecule has 1 aliphatic rings. The highest BCUT2D eigenvalue weighted by atomic mass is 32.2. The maximum Gasteiger partial charge on any atom is 0.323 e. The minimum Gasteiger partial charge on any atom is -0.463 e. The van der Waals surface area contributed by atoms with Gasteiger partial charge >= 0.3 is 6.01 Å². The molecule has 112 valence electrons.